The van der Waals surface area contributed by atoms with E-state index in [1.54, 1.807) is 0 Å². The molecule has 2 amide bonds. The molecule has 2 atom stereocenters. The first kappa shape index (κ1) is 55.2. The molecule has 0 fully saturated rings. The van der Waals surface area contributed by atoms with E-state index in [0.717, 1.165) is 44.9 Å². The zero-order valence-electron chi connectivity index (χ0n) is 39.2. The van der Waals surface area contributed by atoms with Crippen LogP contribution < -0.4 is 15.4 Å². The maximum atomic E-state index is 13.8. The molecule has 66 heavy (non-hydrogen) atoms. The molecule has 0 aliphatic rings. The van der Waals surface area contributed by atoms with Crippen LogP contribution in [-0.2, 0) is 33.4 Å². The summed E-state index contributed by atoms with van der Waals surface area (Å²) >= 11 is 12.8. The Hall–Kier alpha value is -5.08. The average molecular weight is 958 g/mol. The van der Waals surface area contributed by atoms with Gasteiger partial charge in [-0.2, -0.15) is 0 Å². The number of esters is 3. The third kappa shape index (κ3) is 21.0. The molecular formula is C50H70Cl2N4O10. The second-order valence-electron chi connectivity index (χ2n) is 16.5. The number of amides is 2. The standard InChI is InChI=1S/C50H70Cl2N4O10/c1-5-7-9-11-13-15-17-19-21-23-25-44(57)64-37(4)49(61)66-39-27-29-41(52)43(34-39)55-47(59)45(56-31-30-53-35-56)46(58)54-42-33-38(26-28-40(42)51)50(62)65-36(3)48(60)63-32-24-22-20-18-16-14-12-10-8-6-2/h26-31,33-36,45,61H,5-25,32H2,1-4H3,(H,54,58)(H,55,59)/b49-37+. The number of benzene rings is 2. The molecule has 0 bridgehead atoms. The molecule has 16 heteroatoms. The van der Waals surface area contributed by atoms with Crippen LogP contribution in [0, 0.1) is 0 Å². The van der Waals surface area contributed by atoms with Crippen LogP contribution >= 0.6 is 23.2 Å². The second-order valence-corrected chi connectivity index (χ2v) is 17.3. The van der Waals surface area contributed by atoms with E-state index >= 15 is 0 Å². The van der Waals surface area contributed by atoms with Crippen molar-refractivity contribution in [3.05, 3.63) is 82.4 Å². The maximum Gasteiger partial charge on any atom is 0.347 e. The minimum absolute atomic E-state index is 0.0134. The van der Waals surface area contributed by atoms with Crippen LogP contribution in [-0.4, -0.2) is 57.1 Å². The molecule has 0 aliphatic carbocycles. The number of allylic oxidation sites excluding steroid dienone is 1. The Labute approximate surface area is 400 Å². The molecule has 3 aromatic rings. The average Bonchev–Trinajstić information content (AvgIpc) is 3.82. The fourth-order valence-electron chi connectivity index (χ4n) is 6.99. The Balaban J connectivity index is 1.54. The van der Waals surface area contributed by atoms with E-state index in [-0.39, 0.29) is 51.5 Å². The Morgan fingerprint density at radius 3 is 1.77 bits per heavy atom. The summed E-state index contributed by atoms with van der Waals surface area (Å²) in [5.74, 6) is -4.51. The van der Waals surface area contributed by atoms with Crippen LogP contribution in [0.1, 0.15) is 179 Å². The van der Waals surface area contributed by atoms with E-state index in [0.29, 0.717) is 6.42 Å². The molecule has 0 spiro atoms. The van der Waals surface area contributed by atoms with Crippen molar-refractivity contribution in [1.29, 1.82) is 0 Å². The van der Waals surface area contributed by atoms with Gasteiger partial charge < -0.3 is 39.3 Å². The van der Waals surface area contributed by atoms with E-state index in [4.69, 9.17) is 42.1 Å². The SMILES string of the molecule is CCCCCCCCCCCCOC(=O)C(C)OC(=O)c1ccc(Cl)c(NC(=O)C(C(=O)Nc2cc(O/C(O)=C(\C)OC(=O)CCCCCCCCCCCC)ccc2Cl)n2ccnc2)c1. The molecule has 0 saturated heterocycles. The number of aliphatic hydroxyl groups excluding tert-OH is 1. The molecule has 14 nitrogen and oxygen atoms in total. The normalized spacial score (nSPS) is 12.4. The Bertz CT molecular complexity index is 1990. The predicted molar refractivity (Wildman–Crippen MR) is 258 cm³/mol. The topological polar surface area (TPSA) is 184 Å². The van der Waals surface area contributed by atoms with Crippen molar-refractivity contribution in [2.75, 3.05) is 17.2 Å². The number of rotatable bonds is 33. The molecule has 3 N–H and O–H groups in total. The Morgan fingerprint density at radius 1 is 0.712 bits per heavy atom. The Kier molecular flexibility index (Phi) is 26.6. The van der Waals surface area contributed by atoms with Crippen LogP contribution in [0.5, 0.6) is 5.75 Å². The summed E-state index contributed by atoms with van der Waals surface area (Å²) in [6.45, 7) is 7.44. The van der Waals surface area contributed by atoms with Gasteiger partial charge in [0.2, 0.25) is 0 Å². The van der Waals surface area contributed by atoms with Gasteiger partial charge in [0.15, 0.2) is 17.9 Å². The zero-order chi connectivity index (χ0) is 48.1. The lowest BCUT2D eigenvalue weighted by atomic mass is 10.1. The highest BCUT2D eigenvalue weighted by Gasteiger charge is 2.30. The van der Waals surface area contributed by atoms with Crippen LogP contribution in [0.15, 0.2) is 66.8 Å². The Morgan fingerprint density at radius 2 is 1.23 bits per heavy atom. The molecule has 2 unspecified atom stereocenters. The van der Waals surface area contributed by atoms with E-state index in [1.165, 1.54) is 151 Å². The summed E-state index contributed by atoms with van der Waals surface area (Å²) in [7, 11) is 0. The summed E-state index contributed by atoms with van der Waals surface area (Å²) in [6.07, 6.45) is 25.8. The molecule has 1 heterocycles. The smallest absolute Gasteiger partial charge is 0.347 e. The number of anilines is 2. The van der Waals surface area contributed by atoms with Crippen molar-refractivity contribution >= 4 is 64.3 Å². The van der Waals surface area contributed by atoms with Gasteiger partial charge in [-0.25, -0.2) is 14.6 Å². The van der Waals surface area contributed by atoms with E-state index in [9.17, 15) is 29.1 Å². The van der Waals surface area contributed by atoms with Crippen molar-refractivity contribution in [1.82, 2.24) is 9.55 Å². The quantitative estimate of drug-likeness (QED) is 0.0173. The number of hydrogen-bond donors (Lipinski definition) is 3. The number of carbonyl (C=O) groups is 5. The summed E-state index contributed by atoms with van der Waals surface area (Å²) in [6, 6.07) is 6.58. The number of nitrogens with zero attached hydrogens (tertiary/aromatic N) is 2. The van der Waals surface area contributed by atoms with Gasteiger partial charge in [0.25, 0.3) is 11.8 Å². The number of carbonyl (C=O) groups excluding carboxylic acids is 5. The van der Waals surface area contributed by atoms with Crippen LogP contribution in [0.3, 0.4) is 0 Å². The fraction of sp³-hybridized carbons (Fsp3) is 0.560. The van der Waals surface area contributed by atoms with Gasteiger partial charge >= 0.3 is 23.9 Å². The van der Waals surface area contributed by atoms with Crippen molar-refractivity contribution in [3.8, 4) is 5.75 Å². The van der Waals surface area contributed by atoms with Gasteiger partial charge in [0.05, 0.1) is 39.9 Å². The molecule has 1 aromatic heterocycles. The largest absolute Gasteiger partial charge is 0.478 e. The summed E-state index contributed by atoms with van der Waals surface area (Å²) in [5, 5.41) is 15.9. The third-order valence-electron chi connectivity index (χ3n) is 10.9. The monoisotopic (exact) mass is 956 g/mol. The number of ether oxygens (including phenoxy) is 4. The lowest BCUT2D eigenvalue weighted by Crippen LogP contribution is -2.35. The first-order valence-corrected chi connectivity index (χ1v) is 24.4. The first-order valence-electron chi connectivity index (χ1n) is 23.7. The van der Waals surface area contributed by atoms with Crippen molar-refractivity contribution < 1.29 is 48.0 Å². The minimum Gasteiger partial charge on any atom is -0.478 e. The highest BCUT2D eigenvalue weighted by Crippen LogP contribution is 2.30. The van der Waals surface area contributed by atoms with Gasteiger partial charge in [0.1, 0.15) is 5.75 Å². The first-order chi connectivity index (χ1) is 31.8. The molecule has 0 aliphatic heterocycles. The number of aliphatic hydroxyl groups is 1. The molecule has 0 radical (unpaired) electrons. The number of halogens is 2. The summed E-state index contributed by atoms with van der Waals surface area (Å²) in [4.78, 5) is 69.7. The molecule has 2 aromatic carbocycles. The van der Waals surface area contributed by atoms with Crippen molar-refractivity contribution in [2.45, 2.75) is 175 Å². The van der Waals surface area contributed by atoms with E-state index in [1.807, 2.05) is 0 Å². The van der Waals surface area contributed by atoms with Gasteiger partial charge in [-0.15, -0.1) is 0 Å². The molecule has 0 saturated carbocycles. The van der Waals surface area contributed by atoms with Gasteiger partial charge in [-0.05, 0) is 50.1 Å². The van der Waals surface area contributed by atoms with E-state index in [2.05, 4.69) is 29.5 Å². The second kappa shape index (κ2) is 31.8. The number of nitrogens with one attached hydrogen (secondary N) is 2. The third-order valence-corrected chi connectivity index (χ3v) is 11.5. The van der Waals surface area contributed by atoms with Crippen LogP contribution in [0.25, 0.3) is 0 Å². The highest BCUT2D eigenvalue weighted by atomic mass is 35.5. The van der Waals surface area contributed by atoms with Crippen molar-refractivity contribution in [2.24, 2.45) is 0 Å². The fourth-order valence-corrected chi connectivity index (χ4v) is 7.32. The summed E-state index contributed by atoms with van der Waals surface area (Å²) in [5.41, 5.74) is -0.00690. The predicted octanol–water partition coefficient (Wildman–Crippen LogP) is 13.0. The zero-order valence-corrected chi connectivity index (χ0v) is 40.7. The van der Waals surface area contributed by atoms with Crippen molar-refractivity contribution in [3.63, 3.8) is 0 Å². The number of aromatic nitrogens is 2. The highest BCUT2D eigenvalue weighted by molar-refractivity contribution is 6.35. The van der Waals surface area contributed by atoms with Gasteiger partial charge in [-0.1, -0.05) is 153 Å². The molecule has 3 rings (SSSR count). The lowest BCUT2D eigenvalue weighted by molar-refractivity contribution is -0.153. The maximum absolute atomic E-state index is 13.8. The van der Waals surface area contributed by atoms with Gasteiger partial charge in [-0.3, -0.25) is 14.4 Å². The molecular weight excluding hydrogens is 887 g/mol. The number of hydrogen-bond acceptors (Lipinski definition) is 11. The number of unbranched alkanes of at least 4 members (excludes halogenated alkanes) is 18. The van der Waals surface area contributed by atoms with Gasteiger partial charge in [0, 0.05) is 31.8 Å². The lowest BCUT2D eigenvalue weighted by Gasteiger charge is -2.19. The summed E-state index contributed by atoms with van der Waals surface area (Å²) < 4.78 is 22.8. The molecule has 364 valence electrons. The van der Waals surface area contributed by atoms with Crippen LogP contribution in [0.2, 0.25) is 10.0 Å². The number of imidazole rings is 1. The van der Waals surface area contributed by atoms with Crippen LogP contribution in [0.4, 0.5) is 11.4 Å². The van der Waals surface area contributed by atoms with E-state index < -0.39 is 47.8 Å². The minimum atomic E-state index is -1.57.